The molecular weight excluding hydrogens is 254 g/mol. The molecular formula is C14H15N5O. The van der Waals surface area contributed by atoms with Gasteiger partial charge in [-0.1, -0.05) is 35.5 Å². The molecule has 6 nitrogen and oxygen atoms in total. The first kappa shape index (κ1) is 12.5. The fourth-order valence-electron chi connectivity index (χ4n) is 2.29. The fourth-order valence-corrected chi connectivity index (χ4v) is 2.29. The van der Waals surface area contributed by atoms with Crippen LogP contribution >= 0.6 is 0 Å². The molecule has 1 aromatic carbocycles. The number of hydrogen-bond donors (Lipinski definition) is 0. The molecule has 3 aromatic rings. The maximum absolute atomic E-state index is 12.4. The van der Waals surface area contributed by atoms with E-state index in [4.69, 9.17) is 0 Å². The Morgan fingerprint density at radius 3 is 2.75 bits per heavy atom. The lowest BCUT2D eigenvalue weighted by Crippen LogP contribution is -2.27. The first-order valence-electron chi connectivity index (χ1n) is 6.48. The molecule has 0 aliphatic rings. The Labute approximate surface area is 115 Å². The van der Waals surface area contributed by atoms with E-state index in [1.807, 2.05) is 37.3 Å². The minimum atomic E-state index is -0.195. The lowest BCUT2D eigenvalue weighted by molar-refractivity contribution is 0.467. The molecule has 2 heterocycles. The zero-order chi connectivity index (χ0) is 14.1. The van der Waals surface area contributed by atoms with Crippen molar-refractivity contribution in [3.63, 3.8) is 0 Å². The number of benzene rings is 1. The highest BCUT2D eigenvalue weighted by atomic mass is 16.1. The van der Waals surface area contributed by atoms with E-state index in [1.165, 1.54) is 10.2 Å². The SMILES string of the molecule is CC(Cc1ccccc1)n1ncc2c(nnn2C)c1=O. The van der Waals surface area contributed by atoms with Gasteiger partial charge in [0, 0.05) is 7.05 Å². The van der Waals surface area contributed by atoms with Gasteiger partial charge in [0.15, 0.2) is 5.52 Å². The molecule has 0 N–H and O–H groups in total. The van der Waals surface area contributed by atoms with Gasteiger partial charge in [-0.25, -0.2) is 9.36 Å². The van der Waals surface area contributed by atoms with Crippen molar-refractivity contribution < 1.29 is 0 Å². The monoisotopic (exact) mass is 269 g/mol. The Kier molecular flexibility index (Phi) is 3.06. The van der Waals surface area contributed by atoms with Gasteiger partial charge in [-0.2, -0.15) is 5.10 Å². The number of nitrogens with zero attached hydrogens (tertiary/aromatic N) is 5. The van der Waals surface area contributed by atoms with Crippen LogP contribution in [0.1, 0.15) is 18.5 Å². The third-order valence-corrected chi connectivity index (χ3v) is 3.38. The Morgan fingerprint density at radius 1 is 1.25 bits per heavy atom. The summed E-state index contributed by atoms with van der Waals surface area (Å²) < 4.78 is 3.03. The van der Waals surface area contributed by atoms with E-state index in [-0.39, 0.29) is 11.6 Å². The maximum Gasteiger partial charge on any atom is 0.297 e. The molecule has 0 spiro atoms. The summed E-state index contributed by atoms with van der Waals surface area (Å²) in [7, 11) is 1.74. The fraction of sp³-hybridized carbons (Fsp3) is 0.286. The Bertz CT molecular complexity index is 790. The van der Waals surface area contributed by atoms with E-state index < -0.39 is 0 Å². The summed E-state index contributed by atoms with van der Waals surface area (Å²) in [5.41, 5.74) is 1.99. The maximum atomic E-state index is 12.4. The summed E-state index contributed by atoms with van der Waals surface area (Å²) in [6.07, 6.45) is 2.39. The first-order valence-corrected chi connectivity index (χ1v) is 6.48. The van der Waals surface area contributed by atoms with Crippen molar-refractivity contribution in [3.8, 4) is 0 Å². The van der Waals surface area contributed by atoms with Gasteiger partial charge in [-0.05, 0) is 18.9 Å². The van der Waals surface area contributed by atoms with Gasteiger partial charge in [-0.3, -0.25) is 4.79 Å². The molecule has 0 amide bonds. The van der Waals surface area contributed by atoms with Crippen LogP contribution in [-0.4, -0.2) is 24.8 Å². The summed E-state index contributed by atoms with van der Waals surface area (Å²) in [6, 6.07) is 10.0. The zero-order valence-corrected chi connectivity index (χ0v) is 11.4. The average molecular weight is 269 g/mol. The summed E-state index contributed by atoms with van der Waals surface area (Å²) in [5, 5.41) is 12.0. The van der Waals surface area contributed by atoms with Gasteiger partial charge in [0.2, 0.25) is 0 Å². The van der Waals surface area contributed by atoms with Crippen LogP contribution in [0.2, 0.25) is 0 Å². The number of fused-ring (bicyclic) bond motifs is 1. The Balaban J connectivity index is 1.98. The normalized spacial score (nSPS) is 12.7. The highest BCUT2D eigenvalue weighted by Crippen LogP contribution is 2.12. The van der Waals surface area contributed by atoms with Crippen molar-refractivity contribution in [2.24, 2.45) is 7.05 Å². The largest absolute Gasteiger partial charge is 0.297 e. The second-order valence-electron chi connectivity index (χ2n) is 4.88. The number of rotatable bonds is 3. The Morgan fingerprint density at radius 2 is 2.00 bits per heavy atom. The lowest BCUT2D eigenvalue weighted by atomic mass is 10.1. The number of aromatic nitrogens is 5. The van der Waals surface area contributed by atoms with E-state index in [2.05, 4.69) is 15.4 Å². The third-order valence-electron chi connectivity index (χ3n) is 3.38. The molecule has 1 unspecified atom stereocenters. The van der Waals surface area contributed by atoms with Crippen LogP contribution in [-0.2, 0) is 13.5 Å². The van der Waals surface area contributed by atoms with Crippen LogP contribution in [0.3, 0.4) is 0 Å². The van der Waals surface area contributed by atoms with Crippen molar-refractivity contribution in [2.75, 3.05) is 0 Å². The summed E-state index contributed by atoms with van der Waals surface area (Å²) >= 11 is 0. The van der Waals surface area contributed by atoms with Gasteiger partial charge >= 0.3 is 0 Å². The number of aryl methyl sites for hydroxylation is 1. The second kappa shape index (κ2) is 4.88. The van der Waals surface area contributed by atoms with Crippen LogP contribution in [0.4, 0.5) is 0 Å². The molecule has 0 radical (unpaired) electrons. The molecule has 0 aliphatic heterocycles. The molecule has 0 bridgehead atoms. The van der Waals surface area contributed by atoms with E-state index in [1.54, 1.807) is 17.9 Å². The van der Waals surface area contributed by atoms with Crippen molar-refractivity contribution >= 4 is 11.0 Å². The van der Waals surface area contributed by atoms with E-state index in [9.17, 15) is 4.79 Å². The van der Waals surface area contributed by atoms with Crippen LogP contribution in [0.5, 0.6) is 0 Å². The lowest BCUT2D eigenvalue weighted by Gasteiger charge is -2.13. The predicted molar refractivity (Wildman–Crippen MR) is 75.4 cm³/mol. The molecule has 20 heavy (non-hydrogen) atoms. The smallest absolute Gasteiger partial charge is 0.265 e. The van der Waals surface area contributed by atoms with Gasteiger partial charge in [0.1, 0.15) is 5.52 Å². The van der Waals surface area contributed by atoms with Gasteiger partial charge in [0.25, 0.3) is 5.56 Å². The minimum Gasteiger partial charge on any atom is -0.265 e. The third kappa shape index (κ3) is 2.09. The molecule has 0 fully saturated rings. The van der Waals surface area contributed by atoms with Gasteiger partial charge < -0.3 is 0 Å². The topological polar surface area (TPSA) is 65.6 Å². The van der Waals surface area contributed by atoms with Crippen LogP contribution in [0, 0.1) is 0 Å². The molecule has 0 aliphatic carbocycles. The molecule has 0 saturated heterocycles. The van der Waals surface area contributed by atoms with E-state index >= 15 is 0 Å². The molecule has 1 atom stereocenters. The Hall–Kier alpha value is -2.50. The van der Waals surface area contributed by atoms with Crippen LogP contribution in [0.25, 0.3) is 11.0 Å². The molecule has 6 heteroatoms. The molecule has 2 aromatic heterocycles. The quantitative estimate of drug-likeness (QED) is 0.719. The van der Waals surface area contributed by atoms with Crippen LogP contribution < -0.4 is 5.56 Å². The molecule has 102 valence electrons. The standard InChI is InChI=1S/C14H15N5O/c1-10(8-11-6-4-3-5-7-11)19-14(20)13-12(9-15-19)18(2)17-16-13/h3-7,9-10H,8H2,1-2H3. The highest BCUT2D eigenvalue weighted by Gasteiger charge is 2.14. The minimum absolute atomic E-state index is 0.0312. The van der Waals surface area contributed by atoms with E-state index in [0.29, 0.717) is 11.0 Å². The average Bonchev–Trinajstić information content (AvgIpc) is 2.83. The van der Waals surface area contributed by atoms with E-state index in [0.717, 1.165) is 6.42 Å². The number of hydrogen-bond acceptors (Lipinski definition) is 4. The molecule has 0 saturated carbocycles. The van der Waals surface area contributed by atoms with Crippen molar-refractivity contribution in [1.29, 1.82) is 0 Å². The first-order chi connectivity index (χ1) is 9.66. The van der Waals surface area contributed by atoms with Crippen molar-refractivity contribution in [3.05, 3.63) is 52.4 Å². The van der Waals surface area contributed by atoms with Gasteiger partial charge in [-0.15, -0.1) is 5.10 Å². The second-order valence-corrected chi connectivity index (χ2v) is 4.88. The van der Waals surface area contributed by atoms with Crippen molar-refractivity contribution in [2.45, 2.75) is 19.4 Å². The summed E-state index contributed by atoms with van der Waals surface area (Å²) in [6.45, 7) is 1.98. The van der Waals surface area contributed by atoms with Crippen molar-refractivity contribution in [1.82, 2.24) is 24.8 Å². The summed E-state index contributed by atoms with van der Waals surface area (Å²) in [4.78, 5) is 12.4. The highest BCUT2D eigenvalue weighted by molar-refractivity contribution is 5.71. The zero-order valence-electron chi connectivity index (χ0n) is 11.4. The predicted octanol–water partition coefficient (Wildman–Crippen LogP) is 1.33. The van der Waals surface area contributed by atoms with Crippen LogP contribution in [0.15, 0.2) is 41.3 Å². The summed E-state index contributed by atoms with van der Waals surface area (Å²) in [5.74, 6) is 0. The molecule has 3 rings (SSSR count). The van der Waals surface area contributed by atoms with Gasteiger partial charge in [0.05, 0.1) is 12.2 Å².